The van der Waals surface area contributed by atoms with Crippen LogP contribution in [0.5, 0.6) is 5.75 Å². The normalized spacial score (nSPS) is 11.8. The molecule has 0 fully saturated rings. The third-order valence-corrected chi connectivity index (χ3v) is 4.25. The molecule has 11 heteroatoms. The second-order valence-electron chi connectivity index (χ2n) is 6.47. The van der Waals surface area contributed by atoms with E-state index in [1.165, 1.54) is 13.3 Å². The van der Waals surface area contributed by atoms with Crippen molar-refractivity contribution in [3.8, 4) is 17.3 Å². The Hall–Kier alpha value is -3.86. The Kier molecular flexibility index (Phi) is 6.88. The molecular weight excluding hydrogens is 405 g/mol. The van der Waals surface area contributed by atoms with E-state index in [4.69, 9.17) is 15.2 Å². The third-order valence-electron chi connectivity index (χ3n) is 4.25. The molecule has 0 aliphatic heterocycles. The van der Waals surface area contributed by atoms with Crippen molar-refractivity contribution >= 4 is 22.9 Å². The summed E-state index contributed by atoms with van der Waals surface area (Å²) in [7, 11) is 1.52. The standard InChI is InChI=1S/C20H22FN7O3/c1-4-14(21)12(2)11-28-19-13(6-5-7-23-19)16(27-28)18-25-10-15(17(22)26-18)31-20(29)24-8-9-30-3/h4-7,10H,1,8-9,11H2,2-3H3,(H,24,29)(H2,22,25,26)/b14-12-. The Morgan fingerprint density at radius 3 is 2.94 bits per heavy atom. The van der Waals surface area contributed by atoms with E-state index >= 15 is 0 Å². The van der Waals surface area contributed by atoms with Gasteiger partial charge in [-0.1, -0.05) is 6.58 Å². The maximum absolute atomic E-state index is 13.8. The average molecular weight is 427 g/mol. The van der Waals surface area contributed by atoms with Crippen LogP contribution in [0.2, 0.25) is 0 Å². The quantitative estimate of drug-likeness (QED) is 0.414. The highest BCUT2D eigenvalue weighted by Crippen LogP contribution is 2.28. The molecule has 0 spiro atoms. The van der Waals surface area contributed by atoms with Crippen LogP contribution in [-0.2, 0) is 11.3 Å². The summed E-state index contributed by atoms with van der Waals surface area (Å²) in [6, 6.07) is 3.55. The van der Waals surface area contributed by atoms with Gasteiger partial charge < -0.3 is 20.5 Å². The van der Waals surface area contributed by atoms with Gasteiger partial charge in [0.05, 0.1) is 24.7 Å². The van der Waals surface area contributed by atoms with Crippen LogP contribution in [0.15, 0.2) is 48.6 Å². The maximum atomic E-state index is 13.8. The first-order valence-electron chi connectivity index (χ1n) is 9.31. The number of ether oxygens (including phenoxy) is 2. The monoisotopic (exact) mass is 427 g/mol. The number of nitrogens with zero attached hydrogens (tertiary/aromatic N) is 5. The molecule has 3 rings (SSSR count). The lowest BCUT2D eigenvalue weighted by Crippen LogP contribution is -2.30. The van der Waals surface area contributed by atoms with Crippen molar-refractivity contribution in [3.63, 3.8) is 0 Å². The van der Waals surface area contributed by atoms with E-state index < -0.39 is 11.9 Å². The van der Waals surface area contributed by atoms with Gasteiger partial charge in [-0.05, 0) is 30.7 Å². The lowest BCUT2D eigenvalue weighted by molar-refractivity contribution is 0.180. The molecule has 0 radical (unpaired) electrons. The van der Waals surface area contributed by atoms with E-state index in [1.54, 1.807) is 29.9 Å². The number of nitrogen functional groups attached to an aromatic ring is 1. The zero-order chi connectivity index (χ0) is 22.4. The Morgan fingerprint density at radius 1 is 1.42 bits per heavy atom. The van der Waals surface area contributed by atoms with E-state index in [1.807, 2.05) is 0 Å². The van der Waals surface area contributed by atoms with E-state index in [-0.39, 0.29) is 30.5 Å². The number of pyridine rings is 1. The van der Waals surface area contributed by atoms with Crippen LogP contribution in [0.3, 0.4) is 0 Å². The van der Waals surface area contributed by atoms with Crippen LogP contribution in [0, 0.1) is 0 Å². The number of anilines is 1. The topological polar surface area (TPSA) is 130 Å². The lowest BCUT2D eigenvalue weighted by Gasteiger charge is -2.08. The number of nitrogens with two attached hydrogens (primary N) is 1. The summed E-state index contributed by atoms with van der Waals surface area (Å²) in [6.07, 6.45) is 3.34. The molecule has 0 saturated heterocycles. The molecule has 3 N–H and O–H groups in total. The lowest BCUT2D eigenvalue weighted by atomic mass is 10.2. The largest absolute Gasteiger partial charge is 0.412 e. The molecule has 0 aromatic carbocycles. The fraction of sp³-hybridized carbons (Fsp3) is 0.250. The molecule has 31 heavy (non-hydrogen) atoms. The van der Waals surface area contributed by atoms with Crippen molar-refractivity contribution in [2.24, 2.45) is 0 Å². The highest BCUT2D eigenvalue weighted by atomic mass is 19.1. The highest BCUT2D eigenvalue weighted by molar-refractivity contribution is 5.89. The molecule has 0 aliphatic carbocycles. The Morgan fingerprint density at radius 2 is 2.23 bits per heavy atom. The van der Waals surface area contributed by atoms with Gasteiger partial charge in [-0.25, -0.2) is 28.8 Å². The molecule has 10 nitrogen and oxygen atoms in total. The number of amides is 1. The van der Waals surface area contributed by atoms with Gasteiger partial charge in [-0.15, -0.1) is 0 Å². The average Bonchev–Trinajstić information content (AvgIpc) is 3.13. The zero-order valence-electron chi connectivity index (χ0n) is 17.1. The summed E-state index contributed by atoms with van der Waals surface area (Å²) in [4.78, 5) is 24.6. The third kappa shape index (κ3) is 5.01. The second kappa shape index (κ2) is 9.76. The number of rotatable bonds is 8. The molecule has 0 unspecified atom stereocenters. The first-order chi connectivity index (χ1) is 14.9. The number of halogens is 1. The smallest absolute Gasteiger partial charge is 0.405 e. The predicted octanol–water partition coefficient (Wildman–Crippen LogP) is 2.63. The molecule has 0 bridgehead atoms. The van der Waals surface area contributed by atoms with Gasteiger partial charge in [0.2, 0.25) is 0 Å². The highest BCUT2D eigenvalue weighted by Gasteiger charge is 2.18. The SMILES string of the molecule is C=C/C(F)=C(\C)Cn1nc(-c2ncc(OC(=O)NCCOC)c(N)n2)c2cccnc21. The number of methoxy groups -OCH3 is 1. The van der Waals surface area contributed by atoms with Crippen LogP contribution in [0.1, 0.15) is 6.92 Å². The second-order valence-corrected chi connectivity index (χ2v) is 6.47. The molecule has 0 saturated carbocycles. The van der Waals surface area contributed by atoms with E-state index in [2.05, 4.69) is 31.9 Å². The van der Waals surface area contributed by atoms with Crippen LogP contribution in [0.25, 0.3) is 22.6 Å². The number of nitrogens with one attached hydrogen (secondary N) is 1. The van der Waals surface area contributed by atoms with Crippen molar-refractivity contribution in [2.75, 3.05) is 26.0 Å². The summed E-state index contributed by atoms with van der Waals surface area (Å²) in [6.45, 7) is 5.88. The molecular formula is C20H22FN7O3. The fourth-order valence-corrected chi connectivity index (χ4v) is 2.73. The zero-order valence-corrected chi connectivity index (χ0v) is 17.1. The number of hydrogen-bond donors (Lipinski definition) is 2. The first-order valence-corrected chi connectivity index (χ1v) is 9.31. The molecule has 162 valence electrons. The molecule has 3 aromatic rings. The van der Waals surface area contributed by atoms with Crippen LogP contribution < -0.4 is 15.8 Å². The number of carbonyl (C=O) groups is 1. The first kappa shape index (κ1) is 21.8. The van der Waals surface area contributed by atoms with Gasteiger partial charge in [0.25, 0.3) is 0 Å². The number of allylic oxidation sites excluding steroid dienone is 3. The Labute approximate surface area is 177 Å². The van der Waals surface area contributed by atoms with Crippen molar-refractivity contribution in [1.29, 1.82) is 0 Å². The summed E-state index contributed by atoms with van der Waals surface area (Å²) in [5, 5.41) is 7.67. The van der Waals surface area contributed by atoms with E-state index in [0.717, 1.165) is 6.08 Å². The summed E-state index contributed by atoms with van der Waals surface area (Å²) in [5.74, 6) is -0.237. The van der Waals surface area contributed by atoms with Crippen molar-refractivity contribution in [3.05, 3.63) is 48.6 Å². The molecule has 0 atom stereocenters. The van der Waals surface area contributed by atoms with Crippen molar-refractivity contribution in [2.45, 2.75) is 13.5 Å². The van der Waals surface area contributed by atoms with Crippen molar-refractivity contribution in [1.82, 2.24) is 30.0 Å². The number of aromatic nitrogens is 5. The summed E-state index contributed by atoms with van der Waals surface area (Å²) >= 11 is 0. The van der Waals surface area contributed by atoms with Gasteiger partial charge >= 0.3 is 6.09 Å². The molecule has 3 aromatic heterocycles. The van der Waals surface area contributed by atoms with Crippen LogP contribution >= 0.6 is 0 Å². The summed E-state index contributed by atoms with van der Waals surface area (Å²) < 4.78 is 25.4. The van der Waals surface area contributed by atoms with E-state index in [9.17, 15) is 9.18 Å². The fourth-order valence-electron chi connectivity index (χ4n) is 2.73. The minimum absolute atomic E-state index is 0.00682. The minimum atomic E-state index is -0.703. The van der Waals surface area contributed by atoms with Gasteiger partial charge in [-0.3, -0.25) is 0 Å². The van der Waals surface area contributed by atoms with Gasteiger partial charge in [0, 0.05) is 19.9 Å². The molecule has 1 amide bonds. The van der Waals surface area contributed by atoms with Gasteiger partial charge in [-0.2, -0.15) is 5.10 Å². The summed E-state index contributed by atoms with van der Waals surface area (Å²) in [5.41, 5.74) is 7.35. The maximum Gasteiger partial charge on any atom is 0.412 e. The van der Waals surface area contributed by atoms with Crippen molar-refractivity contribution < 1.29 is 18.7 Å². The van der Waals surface area contributed by atoms with E-state index in [0.29, 0.717) is 28.9 Å². The Balaban J connectivity index is 1.91. The van der Waals surface area contributed by atoms with Crippen LogP contribution in [-0.4, -0.2) is 51.1 Å². The molecule has 0 aliphatic rings. The number of hydrogen-bond acceptors (Lipinski definition) is 8. The minimum Gasteiger partial charge on any atom is -0.405 e. The Bertz CT molecular complexity index is 1140. The number of carbonyl (C=O) groups excluding carboxylic acids is 1. The number of fused-ring (bicyclic) bond motifs is 1. The predicted molar refractivity (Wildman–Crippen MR) is 113 cm³/mol. The van der Waals surface area contributed by atoms with Crippen LogP contribution in [0.4, 0.5) is 15.0 Å². The van der Waals surface area contributed by atoms with Gasteiger partial charge in [0.1, 0.15) is 11.5 Å². The molecule has 3 heterocycles. The van der Waals surface area contributed by atoms with Gasteiger partial charge in [0.15, 0.2) is 23.0 Å².